The van der Waals surface area contributed by atoms with Crippen molar-refractivity contribution in [3.63, 3.8) is 0 Å². The average Bonchev–Trinajstić information content (AvgIpc) is 3.37. The lowest BCUT2D eigenvalue weighted by Gasteiger charge is -2.04. The Bertz CT molecular complexity index is 1070. The summed E-state index contributed by atoms with van der Waals surface area (Å²) in [6, 6.07) is 20.4. The van der Waals surface area contributed by atoms with E-state index < -0.39 is 0 Å². The zero-order chi connectivity index (χ0) is 19.3. The third-order valence-electron chi connectivity index (χ3n) is 4.07. The number of amides is 1. The van der Waals surface area contributed by atoms with Gasteiger partial charge in [-0.15, -0.1) is 21.5 Å². The molecule has 2 heterocycles. The average molecular weight is 424 g/mol. The molecular weight excluding hydrogens is 406 g/mol. The Hall–Kier alpha value is -2.48. The molecule has 1 amide bonds. The van der Waals surface area contributed by atoms with Crippen LogP contribution >= 0.6 is 34.4 Å². The van der Waals surface area contributed by atoms with E-state index in [0.717, 1.165) is 21.2 Å². The highest BCUT2D eigenvalue weighted by Crippen LogP contribution is 2.31. The maximum atomic E-state index is 12.8. The number of anilines is 1. The van der Waals surface area contributed by atoms with Gasteiger partial charge >= 0.3 is 0 Å². The largest absolute Gasteiger partial charge is 0.296 e. The third-order valence-corrected chi connectivity index (χ3v) is 7.02. The van der Waals surface area contributed by atoms with Crippen LogP contribution in [0.1, 0.15) is 20.8 Å². The molecule has 7 heteroatoms. The third kappa shape index (κ3) is 4.49. The first kappa shape index (κ1) is 18.9. The van der Waals surface area contributed by atoms with Crippen LogP contribution in [0.2, 0.25) is 0 Å². The molecule has 0 saturated carbocycles. The van der Waals surface area contributed by atoms with E-state index in [1.54, 1.807) is 11.8 Å². The Labute approximate surface area is 175 Å². The number of rotatable bonds is 6. The van der Waals surface area contributed by atoms with Crippen LogP contribution in [0, 0.1) is 6.92 Å². The molecule has 1 N–H and O–H groups in total. The second-order valence-electron chi connectivity index (χ2n) is 6.13. The number of thiophene rings is 1. The van der Waals surface area contributed by atoms with Crippen LogP contribution in [0.3, 0.4) is 0 Å². The van der Waals surface area contributed by atoms with Crippen LogP contribution in [0.25, 0.3) is 11.1 Å². The van der Waals surface area contributed by atoms with E-state index in [1.807, 2.05) is 48.7 Å². The van der Waals surface area contributed by atoms with E-state index in [4.69, 9.17) is 0 Å². The predicted octanol–water partition coefficient (Wildman–Crippen LogP) is 6.12. The monoisotopic (exact) mass is 423 g/mol. The molecule has 0 bridgehead atoms. The van der Waals surface area contributed by atoms with Gasteiger partial charge in [-0.05, 0) is 29.5 Å². The standard InChI is InChI=1S/C21H17N3OS3/c1-14-7-9-16(10-8-14)17-11-12-26-18(17)19(25)22-20-23-24-21(28-20)27-13-15-5-3-2-4-6-15/h2-12H,13H2,1H3,(H,22,23,25). The molecule has 28 heavy (non-hydrogen) atoms. The van der Waals surface area contributed by atoms with Gasteiger partial charge < -0.3 is 0 Å². The lowest BCUT2D eigenvalue weighted by atomic mass is 10.0. The maximum absolute atomic E-state index is 12.8. The van der Waals surface area contributed by atoms with Crippen molar-refractivity contribution in [3.8, 4) is 11.1 Å². The summed E-state index contributed by atoms with van der Waals surface area (Å²) in [5, 5.41) is 13.6. The Morgan fingerprint density at radius 2 is 1.82 bits per heavy atom. The van der Waals surface area contributed by atoms with Crippen molar-refractivity contribution >= 4 is 45.5 Å². The number of carbonyl (C=O) groups is 1. The Balaban J connectivity index is 1.43. The fourth-order valence-corrected chi connectivity index (χ4v) is 5.15. The van der Waals surface area contributed by atoms with Gasteiger partial charge in [0.1, 0.15) is 4.88 Å². The molecule has 2 aromatic heterocycles. The van der Waals surface area contributed by atoms with Crippen LogP contribution in [0.5, 0.6) is 0 Å². The van der Waals surface area contributed by atoms with Gasteiger partial charge in [-0.25, -0.2) is 0 Å². The van der Waals surface area contributed by atoms with E-state index in [9.17, 15) is 4.79 Å². The van der Waals surface area contributed by atoms with Crippen LogP contribution in [0.4, 0.5) is 5.13 Å². The number of carbonyl (C=O) groups excluding carboxylic acids is 1. The summed E-state index contributed by atoms with van der Waals surface area (Å²) in [5.41, 5.74) is 4.40. The summed E-state index contributed by atoms with van der Waals surface area (Å²) in [7, 11) is 0. The van der Waals surface area contributed by atoms with E-state index in [0.29, 0.717) is 10.0 Å². The van der Waals surface area contributed by atoms with Gasteiger partial charge in [-0.2, -0.15) is 0 Å². The van der Waals surface area contributed by atoms with Gasteiger partial charge in [0.2, 0.25) is 5.13 Å². The molecule has 0 aliphatic rings. The number of aryl methyl sites for hydroxylation is 1. The fourth-order valence-electron chi connectivity index (χ4n) is 2.64. The van der Waals surface area contributed by atoms with Crippen molar-refractivity contribution in [2.45, 2.75) is 17.0 Å². The fraction of sp³-hybridized carbons (Fsp3) is 0.0952. The Morgan fingerprint density at radius 1 is 1.04 bits per heavy atom. The van der Waals surface area contributed by atoms with Gasteiger partial charge in [0.25, 0.3) is 5.91 Å². The number of aromatic nitrogens is 2. The molecule has 0 radical (unpaired) electrons. The van der Waals surface area contributed by atoms with E-state index in [1.165, 1.54) is 33.8 Å². The number of thioether (sulfide) groups is 1. The smallest absolute Gasteiger partial charge is 0.268 e. The van der Waals surface area contributed by atoms with Crippen molar-refractivity contribution < 1.29 is 4.79 Å². The van der Waals surface area contributed by atoms with Crippen molar-refractivity contribution in [2.24, 2.45) is 0 Å². The molecule has 0 unspecified atom stereocenters. The highest BCUT2D eigenvalue weighted by atomic mass is 32.2. The molecule has 0 fully saturated rings. The molecule has 2 aromatic carbocycles. The van der Waals surface area contributed by atoms with Crippen LogP contribution in [-0.4, -0.2) is 16.1 Å². The Kier molecular flexibility index (Phi) is 5.85. The molecule has 0 spiro atoms. The highest BCUT2D eigenvalue weighted by Gasteiger charge is 2.17. The zero-order valence-electron chi connectivity index (χ0n) is 15.1. The first-order valence-corrected chi connectivity index (χ1v) is 11.3. The topological polar surface area (TPSA) is 54.9 Å². The first-order valence-electron chi connectivity index (χ1n) is 8.65. The first-order chi connectivity index (χ1) is 13.7. The van der Waals surface area contributed by atoms with E-state index >= 15 is 0 Å². The number of hydrogen-bond acceptors (Lipinski definition) is 6. The molecule has 4 rings (SSSR count). The number of hydrogen-bond donors (Lipinski definition) is 1. The number of benzene rings is 2. The van der Waals surface area contributed by atoms with Crippen LogP contribution < -0.4 is 5.32 Å². The quantitative estimate of drug-likeness (QED) is 0.300. The molecule has 0 aliphatic carbocycles. The second kappa shape index (κ2) is 8.68. The van der Waals surface area contributed by atoms with Gasteiger partial charge in [-0.1, -0.05) is 83.3 Å². The zero-order valence-corrected chi connectivity index (χ0v) is 17.5. The molecule has 140 valence electrons. The lowest BCUT2D eigenvalue weighted by Crippen LogP contribution is -2.11. The van der Waals surface area contributed by atoms with E-state index in [-0.39, 0.29) is 5.91 Å². The lowest BCUT2D eigenvalue weighted by molar-refractivity contribution is 0.103. The molecule has 0 aliphatic heterocycles. The minimum absolute atomic E-state index is 0.152. The van der Waals surface area contributed by atoms with Crippen LogP contribution in [0.15, 0.2) is 70.4 Å². The van der Waals surface area contributed by atoms with E-state index in [2.05, 4.69) is 39.8 Å². The van der Waals surface area contributed by atoms with Gasteiger partial charge in [0, 0.05) is 11.3 Å². The molecular formula is C21H17N3OS3. The van der Waals surface area contributed by atoms with Gasteiger partial charge in [0.15, 0.2) is 4.34 Å². The minimum Gasteiger partial charge on any atom is -0.296 e. The summed E-state index contributed by atoms with van der Waals surface area (Å²) in [6.07, 6.45) is 0. The highest BCUT2D eigenvalue weighted by molar-refractivity contribution is 8.00. The normalized spacial score (nSPS) is 10.8. The Morgan fingerprint density at radius 3 is 2.61 bits per heavy atom. The minimum atomic E-state index is -0.152. The molecule has 4 nitrogen and oxygen atoms in total. The second-order valence-corrected chi connectivity index (χ2v) is 9.25. The summed E-state index contributed by atoms with van der Waals surface area (Å²) in [6.45, 7) is 2.05. The summed E-state index contributed by atoms with van der Waals surface area (Å²) < 4.78 is 0.837. The SMILES string of the molecule is Cc1ccc(-c2ccsc2C(=O)Nc2nnc(SCc3ccccc3)s2)cc1. The predicted molar refractivity (Wildman–Crippen MR) is 118 cm³/mol. The van der Waals surface area contributed by atoms with Crippen molar-refractivity contribution in [1.82, 2.24) is 10.2 Å². The van der Waals surface area contributed by atoms with Crippen LogP contribution in [-0.2, 0) is 5.75 Å². The van der Waals surface area contributed by atoms with Crippen molar-refractivity contribution in [2.75, 3.05) is 5.32 Å². The van der Waals surface area contributed by atoms with Crippen molar-refractivity contribution in [3.05, 3.63) is 82.0 Å². The van der Waals surface area contributed by atoms with Gasteiger partial charge in [-0.3, -0.25) is 10.1 Å². The number of nitrogens with zero attached hydrogens (tertiary/aromatic N) is 2. The summed E-state index contributed by atoms with van der Waals surface area (Å²) in [5.74, 6) is 0.674. The molecule has 0 atom stereocenters. The summed E-state index contributed by atoms with van der Waals surface area (Å²) in [4.78, 5) is 13.4. The maximum Gasteiger partial charge on any atom is 0.268 e. The summed E-state index contributed by atoms with van der Waals surface area (Å²) >= 11 is 4.44. The van der Waals surface area contributed by atoms with Gasteiger partial charge in [0.05, 0.1) is 0 Å². The molecule has 4 aromatic rings. The molecule has 0 saturated heterocycles. The van der Waals surface area contributed by atoms with Crippen molar-refractivity contribution in [1.29, 1.82) is 0 Å². The number of nitrogens with one attached hydrogen (secondary N) is 1.